The summed E-state index contributed by atoms with van der Waals surface area (Å²) in [5.41, 5.74) is 0. The van der Waals surface area contributed by atoms with Crippen molar-refractivity contribution in [3.63, 3.8) is 0 Å². The predicted octanol–water partition coefficient (Wildman–Crippen LogP) is 3.14. The molecular weight excluding hydrogens is 214 g/mol. The molecule has 1 saturated carbocycles. The van der Waals surface area contributed by atoms with E-state index >= 15 is 0 Å². The Hall–Kier alpha value is -0.570. The summed E-state index contributed by atoms with van der Waals surface area (Å²) in [4.78, 5) is 13.8. The third-order valence-electron chi connectivity index (χ3n) is 4.24. The number of rotatable bonds is 5. The van der Waals surface area contributed by atoms with E-state index in [9.17, 15) is 9.90 Å². The Labute approximate surface area is 105 Å². The second kappa shape index (κ2) is 7.00. The molecule has 0 aromatic carbocycles. The largest absolute Gasteiger partial charge is 0.481 e. The van der Waals surface area contributed by atoms with Crippen molar-refractivity contribution < 1.29 is 9.90 Å². The number of carboxylic acid groups (broad SMARTS) is 1. The van der Waals surface area contributed by atoms with Gasteiger partial charge in [-0.05, 0) is 32.7 Å². The lowest BCUT2D eigenvalue weighted by Crippen LogP contribution is -2.47. The molecule has 3 heteroatoms. The molecule has 1 aliphatic carbocycles. The quantitative estimate of drug-likeness (QED) is 0.752. The highest BCUT2D eigenvalue weighted by Gasteiger charge is 2.34. The van der Waals surface area contributed by atoms with Gasteiger partial charge in [-0.15, -0.1) is 0 Å². The van der Waals surface area contributed by atoms with Gasteiger partial charge < -0.3 is 5.11 Å². The summed E-state index contributed by atoms with van der Waals surface area (Å²) in [6.45, 7) is 7.51. The highest BCUT2D eigenvalue weighted by molar-refractivity contribution is 5.70. The molecular formula is C14H27NO2. The molecule has 1 N–H and O–H groups in total. The van der Waals surface area contributed by atoms with Gasteiger partial charge in [-0.3, -0.25) is 9.69 Å². The van der Waals surface area contributed by atoms with Crippen molar-refractivity contribution in [2.45, 2.75) is 71.4 Å². The molecule has 1 rings (SSSR count). The normalized spacial score (nSPS) is 27.8. The zero-order chi connectivity index (χ0) is 12.8. The van der Waals surface area contributed by atoms with Gasteiger partial charge >= 0.3 is 5.97 Å². The minimum absolute atomic E-state index is 0.161. The van der Waals surface area contributed by atoms with Gasteiger partial charge in [0, 0.05) is 12.1 Å². The van der Waals surface area contributed by atoms with Crippen LogP contribution in [0.4, 0.5) is 0 Å². The topological polar surface area (TPSA) is 40.5 Å². The monoisotopic (exact) mass is 241 g/mol. The zero-order valence-electron chi connectivity index (χ0n) is 11.5. The van der Waals surface area contributed by atoms with Crippen molar-refractivity contribution in [3.8, 4) is 0 Å². The Morgan fingerprint density at radius 3 is 2.47 bits per heavy atom. The van der Waals surface area contributed by atoms with Crippen LogP contribution in [0, 0.1) is 5.92 Å². The van der Waals surface area contributed by atoms with Crippen LogP contribution in [0.1, 0.15) is 59.3 Å². The molecule has 17 heavy (non-hydrogen) atoms. The van der Waals surface area contributed by atoms with Gasteiger partial charge in [0.1, 0.15) is 0 Å². The minimum atomic E-state index is -0.598. The Balaban J connectivity index is 2.82. The Morgan fingerprint density at radius 1 is 1.29 bits per heavy atom. The summed E-state index contributed by atoms with van der Waals surface area (Å²) in [5.74, 6) is -0.759. The molecule has 0 aliphatic heterocycles. The van der Waals surface area contributed by atoms with Crippen molar-refractivity contribution in [2.75, 3.05) is 6.54 Å². The first kappa shape index (κ1) is 14.5. The average molecular weight is 241 g/mol. The fourth-order valence-electron chi connectivity index (χ4n) is 3.08. The van der Waals surface area contributed by atoms with Gasteiger partial charge in [0.25, 0.3) is 0 Å². The van der Waals surface area contributed by atoms with Crippen LogP contribution in [0.5, 0.6) is 0 Å². The van der Waals surface area contributed by atoms with Crippen LogP contribution in [-0.4, -0.2) is 34.6 Å². The lowest BCUT2D eigenvalue weighted by molar-refractivity contribution is -0.145. The first-order chi connectivity index (χ1) is 8.11. The standard InChI is InChI=1S/C14H27NO2/c1-4-11(3)15(5-2)13-10-8-6-7-9-12(13)14(16)17/h11-13H,4-10H2,1-3H3,(H,16,17). The second-order valence-electron chi connectivity index (χ2n) is 5.24. The molecule has 0 saturated heterocycles. The van der Waals surface area contributed by atoms with Crippen LogP contribution < -0.4 is 0 Å². The Morgan fingerprint density at radius 2 is 1.94 bits per heavy atom. The third kappa shape index (κ3) is 3.70. The summed E-state index contributed by atoms with van der Waals surface area (Å²) in [6, 6.07) is 0.736. The molecule has 1 fully saturated rings. The van der Waals surface area contributed by atoms with Gasteiger partial charge in [0.15, 0.2) is 0 Å². The average Bonchev–Trinajstić information content (AvgIpc) is 2.55. The number of nitrogens with zero attached hydrogens (tertiary/aromatic N) is 1. The number of carboxylic acids is 1. The number of hydrogen-bond donors (Lipinski definition) is 1. The van der Waals surface area contributed by atoms with E-state index in [-0.39, 0.29) is 12.0 Å². The molecule has 1 aliphatic rings. The van der Waals surface area contributed by atoms with E-state index in [1.54, 1.807) is 0 Å². The van der Waals surface area contributed by atoms with Crippen molar-refractivity contribution in [1.82, 2.24) is 4.90 Å². The smallest absolute Gasteiger partial charge is 0.308 e. The molecule has 0 amide bonds. The van der Waals surface area contributed by atoms with E-state index in [1.165, 1.54) is 12.8 Å². The fourth-order valence-corrected chi connectivity index (χ4v) is 3.08. The lowest BCUT2D eigenvalue weighted by Gasteiger charge is -2.37. The lowest BCUT2D eigenvalue weighted by atomic mass is 9.92. The molecule has 0 bridgehead atoms. The maximum Gasteiger partial charge on any atom is 0.308 e. The van der Waals surface area contributed by atoms with Gasteiger partial charge in [-0.25, -0.2) is 0 Å². The summed E-state index contributed by atoms with van der Waals surface area (Å²) >= 11 is 0. The van der Waals surface area contributed by atoms with Crippen LogP contribution in [0.25, 0.3) is 0 Å². The summed E-state index contributed by atoms with van der Waals surface area (Å²) in [6.07, 6.45) is 6.45. The summed E-state index contributed by atoms with van der Waals surface area (Å²) in [5, 5.41) is 9.41. The van der Waals surface area contributed by atoms with Crippen molar-refractivity contribution >= 4 is 5.97 Å². The molecule has 3 nitrogen and oxygen atoms in total. The fraction of sp³-hybridized carbons (Fsp3) is 0.929. The van der Waals surface area contributed by atoms with E-state index in [2.05, 4.69) is 25.7 Å². The minimum Gasteiger partial charge on any atom is -0.481 e. The predicted molar refractivity (Wildman–Crippen MR) is 70.1 cm³/mol. The first-order valence-electron chi connectivity index (χ1n) is 7.10. The first-order valence-corrected chi connectivity index (χ1v) is 7.10. The number of carbonyl (C=O) groups is 1. The molecule has 0 aromatic rings. The van der Waals surface area contributed by atoms with Crippen LogP contribution >= 0.6 is 0 Å². The van der Waals surface area contributed by atoms with Crippen molar-refractivity contribution in [3.05, 3.63) is 0 Å². The third-order valence-corrected chi connectivity index (χ3v) is 4.24. The Bertz CT molecular complexity index is 242. The van der Waals surface area contributed by atoms with E-state index in [1.807, 2.05) is 0 Å². The van der Waals surface area contributed by atoms with Crippen LogP contribution in [0.15, 0.2) is 0 Å². The molecule has 0 heterocycles. The highest BCUT2D eigenvalue weighted by Crippen LogP contribution is 2.29. The molecule has 3 atom stereocenters. The molecule has 0 aromatic heterocycles. The summed E-state index contributed by atoms with van der Waals surface area (Å²) < 4.78 is 0. The highest BCUT2D eigenvalue weighted by atomic mass is 16.4. The SMILES string of the molecule is CCC(C)N(CC)C1CCCCCC1C(=O)O. The van der Waals surface area contributed by atoms with Gasteiger partial charge in [0.2, 0.25) is 0 Å². The van der Waals surface area contributed by atoms with E-state index in [0.717, 1.165) is 32.2 Å². The van der Waals surface area contributed by atoms with Crippen LogP contribution in [0.2, 0.25) is 0 Å². The molecule has 0 spiro atoms. The van der Waals surface area contributed by atoms with Crippen LogP contribution in [0.3, 0.4) is 0 Å². The van der Waals surface area contributed by atoms with Gasteiger partial charge in [-0.2, -0.15) is 0 Å². The van der Waals surface area contributed by atoms with Crippen molar-refractivity contribution in [1.29, 1.82) is 0 Å². The maximum absolute atomic E-state index is 11.4. The van der Waals surface area contributed by atoms with E-state index in [4.69, 9.17) is 0 Å². The molecule has 0 radical (unpaired) electrons. The van der Waals surface area contributed by atoms with Gasteiger partial charge in [0.05, 0.1) is 5.92 Å². The Kier molecular flexibility index (Phi) is 5.96. The zero-order valence-corrected chi connectivity index (χ0v) is 11.5. The molecule has 100 valence electrons. The van der Waals surface area contributed by atoms with Gasteiger partial charge in [-0.1, -0.05) is 33.1 Å². The second-order valence-corrected chi connectivity index (χ2v) is 5.24. The number of aliphatic carboxylic acids is 1. The maximum atomic E-state index is 11.4. The van der Waals surface area contributed by atoms with Crippen LogP contribution in [-0.2, 0) is 4.79 Å². The van der Waals surface area contributed by atoms with Crippen molar-refractivity contribution in [2.24, 2.45) is 5.92 Å². The molecule has 3 unspecified atom stereocenters. The van der Waals surface area contributed by atoms with E-state index in [0.29, 0.717) is 6.04 Å². The summed E-state index contributed by atoms with van der Waals surface area (Å²) in [7, 11) is 0. The van der Waals surface area contributed by atoms with E-state index < -0.39 is 5.97 Å². The number of hydrogen-bond acceptors (Lipinski definition) is 2.